The van der Waals surface area contributed by atoms with E-state index in [1.165, 1.54) is 32.1 Å². The van der Waals surface area contributed by atoms with Crippen molar-refractivity contribution in [3.63, 3.8) is 0 Å². The Bertz CT molecular complexity index is 1040. The lowest BCUT2D eigenvalue weighted by atomic mass is 9.90. The molecule has 0 spiro atoms. The van der Waals surface area contributed by atoms with Crippen molar-refractivity contribution in [3.05, 3.63) is 59.5 Å². The minimum atomic E-state index is -0.777. The molecule has 4 rings (SSSR count). The Morgan fingerprint density at radius 3 is 2.87 bits per heavy atom. The van der Waals surface area contributed by atoms with Gasteiger partial charge in [-0.15, -0.1) is 0 Å². The van der Waals surface area contributed by atoms with Crippen molar-refractivity contribution in [2.24, 2.45) is 5.92 Å². The molecule has 0 bridgehead atoms. The SMILES string of the molecule is Cc1nc2c(OCC3CCCCC3)cccn2c1CNc1cccc(CCC(=O)O)c1. The fourth-order valence-electron chi connectivity index (χ4n) is 4.37. The summed E-state index contributed by atoms with van der Waals surface area (Å²) in [5, 5.41) is 12.4. The van der Waals surface area contributed by atoms with E-state index >= 15 is 0 Å². The molecule has 1 saturated carbocycles. The highest BCUT2D eigenvalue weighted by Gasteiger charge is 2.17. The van der Waals surface area contributed by atoms with Gasteiger partial charge < -0.3 is 15.2 Å². The number of nitrogens with zero attached hydrogens (tertiary/aromatic N) is 2. The van der Waals surface area contributed by atoms with E-state index in [0.717, 1.165) is 40.6 Å². The van der Waals surface area contributed by atoms with E-state index in [1.54, 1.807) is 0 Å². The zero-order chi connectivity index (χ0) is 21.6. The summed E-state index contributed by atoms with van der Waals surface area (Å²) in [7, 11) is 0. The van der Waals surface area contributed by atoms with E-state index < -0.39 is 5.97 Å². The number of aryl methyl sites for hydroxylation is 2. The van der Waals surface area contributed by atoms with Gasteiger partial charge in [-0.3, -0.25) is 9.20 Å². The van der Waals surface area contributed by atoms with E-state index in [9.17, 15) is 4.79 Å². The van der Waals surface area contributed by atoms with E-state index in [4.69, 9.17) is 14.8 Å². The van der Waals surface area contributed by atoms with Gasteiger partial charge in [0.2, 0.25) is 0 Å². The number of rotatable bonds is 9. The molecule has 1 aliphatic carbocycles. The molecule has 3 aromatic rings. The molecule has 2 N–H and O–H groups in total. The lowest BCUT2D eigenvalue weighted by Gasteiger charge is -2.21. The summed E-state index contributed by atoms with van der Waals surface area (Å²) in [6.45, 7) is 3.42. The van der Waals surface area contributed by atoms with Crippen LogP contribution in [0.1, 0.15) is 55.5 Å². The van der Waals surface area contributed by atoms with E-state index in [1.807, 2.05) is 49.5 Å². The predicted molar refractivity (Wildman–Crippen MR) is 122 cm³/mol. The Labute approximate surface area is 183 Å². The average molecular weight is 422 g/mol. The number of aromatic nitrogens is 2. The van der Waals surface area contributed by atoms with Crippen LogP contribution in [-0.2, 0) is 17.8 Å². The Balaban J connectivity index is 1.45. The number of hydrogen-bond acceptors (Lipinski definition) is 4. The second-order valence-corrected chi connectivity index (χ2v) is 8.47. The van der Waals surface area contributed by atoms with Crippen LogP contribution in [0.15, 0.2) is 42.6 Å². The molecule has 0 amide bonds. The summed E-state index contributed by atoms with van der Waals surface area (Å²) >= 11 is 0. The number of nitrogens with one attached hydrogen (secondary N) is 1. The number of carbonyl (C=O) groups is 1. The maximum Gasteiger partial charge on any atom is 0.303 e. The van der Waals surface area contributed by atoms with Crippen LogP contribution in [0.5, 0.6) is 5.75 Å². The molecule has 6 heteroatoms. The monoisotopic (exact) mass is 421 g/mol. The molecule has 0 atom stereocenters. The average Bonchev–Trinajstić information content (AvgIpc) is 3.11. The van der Waals surface area contributed by atoms with E-state index in [2.05, 4.69) is 9.72 Å². The molecule has 2 heterocycles. The summed E-state index contributed by atoms with van der Waals surface area (Å²) in [6.07, 6.45) is 9.20. The predicted octanol–water partition coefficient (Wildman–Crippen LogP) is 5.23. The summed E-state index contributed by atoms with van der Waals surface area (Å²) < 4.78 is 8.30. The lowest BCUT2D eigenvalue weighted by molar-refractivity contribution is -0.136. The van der Waals surface area contributed by atoms with Crippen molar-refractivity contribution in [3.8, 4) is 5.75 Å². The lowest BCUT2D eigenvalue weighted by Crippen LogP contribution is -2.15. The highest BCUT2D eigenvalue weighted by atomic mass is 16.5. The quantitative estimate of drug-likeness (QED) is 0.495. The van der Waals surface area contributed by atoms with Crippen LogP contribution in [0.3, 0.4) is 0 Å². The number of carboxylic acid groups (broad SMARTS) is 1. The number of aliphatic carboxylic acids is 1. The van der Waals surface area contributed by atoms with Gasteiger partial charge in [0.25, 0.3) is 0 Å². The van der Waals surface area contributed by atoms with Crippen LogP contribution in [0.25, 0.3) is 5.65 Å². The molecule has 164 valence electrons. The molecule has 0 unspecified atom stereocenters. The number of ether oxygens (including phenoxy) is 1. The minimum absolute atomic E-state index is 0.138. The maximum absolute atomic E-state index is 10.8. The third-order valence-electron chi connectivity index (χ3n) is 6.13. The molecule has 1 fully saturated rings. The van der Waals surface area contributed by atoms with Crippen molar-refractivity contribution in [2.75, 3.05) is 11.9 Å². The topological polar surface area (TPSA) is 75.9 Å². The van der Waals surface area contributed by atoms with Crippen molar-refractivity contribution >= 4 is 17.3 Å². The summed E-state index contributed by atoms with van der Waals surface area (Å²) in [5.74, 6) is 0.721. The highest BCUT2D eigenvalue weighted by Crippen LogP contribution is 2.27. The molecule has 0 saturated heterocycles. The van der Waals surface area contributed by atoms with Gasteiger partial charge in [0.15, 0.2) is 11.4 Å². The zero-order valence-electron chi connectivity index (χ0n) is 18.1. The fraction of sp³-hybridized carbons (Fsp3) is 0.440. The molecule has 1 aliphatic rings. The number of benzene rings is 1. The van der Waals surface area contributed by atoms with Gasteiger partial charge >= 0.3 is 5.97 Å². The molecule has 0 aliphatic heterocycles. The van der Waals surface area contributed by atoms with Gasteiger partial charge in [0.05, 0.1) is 24.5 Å². The Kier molecular flexibility index (Phi) is 6.75. The Morgan fingerprint density at radius 2 is 2.06 bits per heavy atom. The van der Waals surface area contributed by atoms with Gasteiger partial charge in [-0.1, -0.05) is 31.4 Å². The van der Waals surface area contributed by atoms with Crippen LogP contribution in [0.2, 0.25) is 0 Å². The minimum Gasteiger partial charge on any atom is -0.489 e. The van der Waals surface area contributed by atoms with Crippen LogP contribution < -0.4 is 10.1 Å². The molecular weight excluding hydrogens is 390 g/mol. The number of imidazole rings is 1. The fourth-order valence-corrected chi connectivity index (χ4v) is 4.37. The third kappa shape index (κ3) is 5.37. The normalized spacial score (nSPS) is 14.6. The van der Waals surface area contributed by atoms with Gasteiger partial charge in [0, 0.05) is 18.3 Å². The molecule has 1 aromatic carbocycles. The van der Waals surface area contributed by atoms with Crippen molar-refractivity contribution in [2.45, 2.75) is 58.4 Å². The van der Waals surface area contributed by atoms with Crippen LogP contribution in [-0.4, -0.2) is 27.1 Å². The van der Waals surface area contributed by atoms with Crippen LogP contribution in [0.4, 0.5) is 5.69 Å². The van der Waals surface area contributed by atoms with Gasteiger partial charge in [-0.25, -0.2) is 4.98 Å². The molecule has 6 nitrogen and oxygen atoms in total. The number of fused-ring (bicyclic) bond motifs is 1. The summed E-state index contributed by atoms with van der Waals surface area (Å²) in [4.78, 5) is 15.6. The van der Waals surface area contributed by atoms with Gasteiger partial charge in [-0.05, 0) is 61.9 Å². The van der Waals surface area contributed by atoms with E-state index in [0.29, 0.717) is 18.9 Å². The van der Waals surface area contributed by atoms with Crippen LogP contribution in [0, 0.1) is 12.8 Å². The first-order valence-electron chi connectivity index (χ1n) is 11.2. The highest BCUT2D eigenvalue weighted by molar-refractivity contribution is 5.67. The summed E-state index contributed by atoms with van der Waals surface area (Å²) in [6, 6.07) is 12.0. The smallest absolute Gasteiger partial charge is 0.303 e. The van der Waals surface area contributed by atoms with E-state index in [-0.39, 0.29) is 6.42 Å². The molecule has 31 heavy (non-hydrogen) atoms. The largest absolute Gasteiger partial charge is 0.489 e. The molecular formula is C25H31N3O3. The number of pyridine rings is 1. The zero-order valence-corrected chi connectivity index (χ0v) is 18.1. The van der Waals surface area contributed by atoms with Gasteiger partial charge in [0.1, 0.15) is 0 Å². The van der Waals surface area contributed by atoms with Gasteiger partial charge in [-0.2, -0.15) is 0 Å². The summed E-state index contributed by atoms with van der Waals surface area (Å²) in [5.41, 5.74) is 4.92. The second kappa shape index (κ2) is 9.86. The third-order valence-corrected chi connectivity index (χ3v) is 6.13. The first kappa shape index (κ1) is 21.2. The number of carboxylic acids is 1. The first-order chi connectivity index (χ1) is 15.1. The number of hydrogen-bond donors (Lipinski definition) is 2. The molecule has 0 radical (unpaired) electrons. The Hall–Kier alpha value is -3.02. The van der Waals surface area contributed by atoms with Crippen molar-refractivity contribution in [1.29, 1.82) is 0 Å². The number of anilines is 1. The van der Waals surface area contributed by atoms with Crippen molar-refractivity contribution < 1.29 is 14.6 Å². The van der Waals surface area contributed by atoms with Crippen molar-refractivity contribution in [1.82, 2.24) is 9.38 Å². The molecule has 2 aromatic heterocycles. The maximum atomic E-state index is 10.8. The Morgan fingerprint density at radius 1 is 1.23 bits per heavy atom. The second-order valence-electron chi connectivity index (χ2n) is 8.47. The first-order valence-corrected chi connectivity index (χ1v) is 11.2. The standard InChI is InChI=1S/C25H31N3O3/c1-18-22(16-26-21-10-5-9-19(15-21)12-13-24(29)30)28-14-6-11-23(25(28)27-18)31-17-20-7-3-2-4-8-20/h5-6,9-11,14-15,20,26H,2-4,7-8,12-13,16-17H2,1H3,(H,29,30). The van der Waals surface area contributed by atoms with Crippen LogP contribution >= 0.6 is 0 Å².